The van der Waals surface area contributed by atoms with Gasteiger partial charge in [-0.2, -0.15) is 38.4 Å². The third-order valence-corrected chi connectivity index (χ3v) is 1.81. The second kappa shape index (κ2) is 10.0. The minimum Gasteiger partial charge on any atom is -0.475 e. The van der Waals surface area contributed by atoms with Crippen LogP contribution in [0.1, 0.15) is 0 Å². The molecule has 0 fully saturated rings. The van der Waals surface area contributed by atoms with E-state index in [1.165, 1.54) is 0 Å². The van der Waals surface area contributed by atoms with Crippen molar-refractivity contribution in [3.8, 4) is 0 Å². The molecule has 0 aliphatic rings. The summed E-state index contributed by atoms with van der Waals surface area (Å²) in [5, 5.41) is 24.6. The number of hydrogen-bond acceptors (Lipinski definition) is 5. The maximum Gasteiger partial charge on any atom is 0.490 e. The van der Waals surface area contributed by atoms with E-state index in [1.54, 1.807) is 0 Å². The molecular weight excluding hydrogens is 273 g/mol. The van der Waals surface area contributed by atoms with Gasteiger partial charge in [0.15, 0.2) is 0 Å². The van der Waals surface area contributed by atoms with Crippen LogP contribution in [0.4, 0.5) is 13.2 Å². The van der Waals surface area contributed by atoms with Gasteiger partial charge in [-0.1, -0.05) is 0 Å². The minimum absolute atomic E-state index is 0. The molecule has 0 aromatic heterocycles. The molecule has 5 N–H and O–H groups in total. The van der Waals surface area contributed by atoms with Crippen LogP contribution in [0.3, 0.4) is 0 Å². The van der Waals surface area contributed by atoms with Crippen LogP contribution in [0.25, 0.3) is 0 Å². The molecule has 10 heteroatoms. The molecule has 5 nitrogen and oxygen atoms in total. The third kappa shape index (κ3) is 11.9. The summed E-state index contributed by atoms with van der Waals surface area (Å²) in [5.41, 5.74) is 0. The van der Waals surface area contributed by atoms with Gasteiger partial charge in [0.2, 0.25) is 0 Å². The molecule has 16 heavy (non-hydrogen) atoms. The van der Waals surface area contributed by atoms with Crippen molar-refractivity contribution in [1.82, 2.24) is 0 Å². The van der Waals surface area contributed by atoms with Gasteiger partial charge < -0.3 is 20.8 Å². The molecule has 0 aromatic carbocycles. The molecule has 0 radical (unpaired) electrons. The Kier molecular flexibility index (Phi) is 13.3. The van der Waals surface area contributed by atoms with Crippen molar-refractivity contribution < 1.29 is 38.8 Å². The summed E-state index contributed by atoms with van der Waals surface area (Å²) < 4.78 is 31.7. The van der Waals surface area contributed by atoms with Crippen molar-refractivity contribution in [2.24, 2.45) is 0 Å². The van der Waals surface area contributed by atoms with Gasteiger partial charge in [0.25, 0.3) is 0 Å². The monoisotopic (exact) mass is 286 g/mol. The molecule has 0 bridgehead atoms. The Balaban J connectivity index is -0.000000200. The van der Waals surface area contributed by atoms with Gasteiger partial charge in [-0.05, 0) is 0 Å². The SMILES string of the molecule is O.O=C(O)C(F)(F)F.O[C@H](CS)[C@H](O)CS. The van der Waals surface area contributed by atoms with Gasteiger partial charge in [-0.25, -0.2) is 4.79 Å². The summed E-state index contributed by atoms with van der Waals surface area (Å²) in [6, 6.07) is 0. The van der Waals surface area contributed by atoms with E-state index in [2.05, 4.69) is 25.3 Å². The summed E-state index contributed by atoms with van der Waals surface area (Å²) in [5.74, 6) is -2.20. The molecule has 0 unspecified atom stereocenters. The third-order valence-electron chi connectivity index (χ3n) is 1.06. The highest BCUT2D eigenvalue weighted by Gasteiger charge is 2.38. The van der Waals surface area contributed by atoms with E-state index in [0.29, 0.717) is 0 Å². The number of halogens is 3. The fourth-order valence-corrected chi connectivity index (χ4v) is 0.730. The predicted molar refractivity (Wildman–Crippen MR) is 57.0 cm³/mol. The zero-order valence-corrected chi connectivity index (χ0v) is 9.64. The largest absolute Gasteiger partial charge is 0.490 e. The van der Waals surface area contributed by atoms with E-state index in [9.17, 15) is 13.2 Å². The lowest BCUT2D eigenvalue weighted by atomic mass is 10.3. The number of rotatable bonds is 3. The van der Waals surface area contributed by atoms with E-state index >= 15 is 0 Å². The fraction of sp³-hybridized carbons (Fsp3) is 0.833. The highest BCUT2D eigenvalue weighted by Crippen LogP contribution is 2.13. The topological polar surface area (TPSA) is 109 Å². The summed E-state index contributed by atoms with van der Waals surface area (Å²) in [4.78, 5) is 8.90. The Labute approximate surface area is 100 Å². The van der Waals surface area contributed by atoms with Crippen LogP contribution in [0.15, 0.2) is 0 Å². The zero-order valence-electron chi connectivity index (χ0n) is 7.85. The molecule has 0 aliphatic heterocycles. The Bertz CT molecular complexity index is 181. The molecule has 100 valence electrons. The first-order chi connectivity index (χ1) is 6.66. The quantitative estimate of drug-likeness (QED) is 0.445. The number of thiol groups is 2. The maximum absolute atomic E-state index is 10.6. The van der Waals surface area contributed by atoms with Crippen molar-refractivity contribution in [2.45, 2.75) is 18.4 Å². The smallest absolute Gasteiger partial charge is 0.475 e. The normalized spacial score (nSPS) is 13.9. The van der Waals surface area contributed by atoms with Gasteiger partial charge in [0, 0.05) is 11.5 Å². The predicted octanol–water partition coefficient (Wildman–Crippen LogP) is -0.624. The minimum atomic E-state index is -5.08. The van der Waals surface area contributed by atoms with Gasteiger partial charge in [0.1, 0.15) is 0 Å². The van der Waals surface area contributed by atoms with Crippen LogP contribution in [-0.4, -0.2) is 56.7 Å². The van der Waals surface area contributed by atoms with Crippen molar-refractivity contribution in [1.29, 1.82) is 0 Å². The average Bonchev–Trinajstić information content (AvgIpc) is 2.14. The maximum atomic E-state index is 10.6. The lowest BCUT2D eigenvalue weighted by molar-refractivity contribution is -0.192. The summed E-state index contributed by atoms with van der Waals surface area (Å²) in [6.45, 7) is 0. The van der Waals surface area contributed by atoms with Gasteiger partial charge in [-0.15, -0.1) is 0 Å². The summed E-state index contributed by atoms with van der Waals surface area (Å²) in [6.07, 6.45) is -6.56. The van der Waals surface area contributed by atoms with E-state index in [-0.39, 0.29) is 17.0 Å². The van der Waals surface area contributed by atoms with E-state index in [4.69, 9.17) is 20.1 Å². The molecule has 0 amide bonds. The first-order valence-corrected chi connectivity index (χ1v) is 4.81. The molecule has 0 heterocycles. The van der Waals surface area contributed by atoms with Crippen molar-refractivity contribution in [2.75, 3.05) is 11.5 Å². The van der Waals surface area contributed by atoms with Crippen LogP contribution in [0.5, 0.6) is 0 Å². The number of hydrogen-bond donors (Lipinski definition) is 5. The number of aliphatic hydroxyl groups excluding tert-OH is 2. The first kappa shape index (κ1) is 21.2. The molecule has 0 saturated heterocycles. The van der Waals surface area contributed by atoms with E-state index < -0.39 is 24.4 Å². The summed E-state index contributed by atoms with van der Waals surface area (Å²) in [7, 11) is 0. The number of carboxylic acid groups (broad SMARTS) is 1. The lowest BCUT2D eigenvalue weighted by Crippen LogP contribution is -2.28. The molecule has 0 aromatic rings. The number of carboxylic acids is 1. The van der Waals surface area contributed by atoms with Crippen molar-refractivity contribution in [3.63, 3.8) is 0 Å². The number of aliphatic hydroxyl groups is 2. The summed E-state index contributed by atoms with van der Waals surface area (Å²) >= 11 is 7.53. The van der Waals surface area contributed by atoms with Crippen molar-refractivity contribution in [3.05, 3.63) is 0 Å². The van der Waals surface area contributed by atoms with Gasteiger partial charge in [-0.3, -0.25) is 0 Å². The fourth-order valence-electron chi connectivity index (χ4n) is 0.243. The number of alkyl halides is 3. The van der Waals surface area contributed by atoms with Gasteiger partial charge >= 0.3 is 12.1 Å². The number of aliphatic carboxylic acids is 1. The molecular formula is C6H13F3O5S2. The second-order valence-corrected chi connectivity index (χ2v) is 3.03. The van der Waals surface area contributed by atoms with E-state index in [0.717, 1.165) is 0 Å². The van der Waals surface area contributed by atoms with Crippen LogP contribution < -0.4 is 0 Å². The molecule has 0 aliphatic carbocycles. The van der Waals surface area contributed by atoms with Crippen LogP contribution in [0.2, 0.25) is 0 Å². The van der Waals surface area contributed by atoms with E-state index in [1.807, 2.05) is 0 Å². The standard InChI is InChI=1S/C4H10O2S2.C2HF3O2.H2O/c5-3(1-7)4(6)2-8;3-2(4,5)1(6)7;/h3-8H,1-2H2;(H,6,7);1H2/t3-,4-;;/m1../s1. The second-order valence-electron chi connectivity index (χ2n) is 2.30. The Hall–Kier alpha value is -0.160. The average molecular weight is 286 g/mol. The molecule has 2 atom stereocenters. The lowest BCUT2D eigenvalue weighted by Gasteiger charge is -2.11. The zero-order chi connectivity index (χ0) is 12.6. The van der Waals surface area contributed by atoms with Crippen LogP contribution >= 0.6 is 25.3 Å². The Morgan fingerprint density at radius 3 is 1.38 bits per heavy atom. The molecule has 0 spiro atoms. The van der Waals surface area contributed by atoms with Gasteiger partial charge in [0.05, 0.1) is 12.2 Å². The molecule has 0 rings (SSSR count). The van der Waals surface area contributed by atoms with Crippen LogP contribution in [0, 0.1) is 0 Å². The highest BCUT2D eigenvalue weighted by atomic mass is 32.1. The first-order valence-electron chi connectivity index (χ1n) is 3.54. The number of carbonyl (C=O) groups is 1. The van der Waals surface area contributed by atoms with Crippen LogP contribution in [-0.2, 0) is 4.79 Å². The van der Waals surface area contributed by atoms with Crippen molar-refractivity contribution >= 4 is 31.2 Å². The molecule has 0 saturated carbocycles. The Morgan fingerprint density at radius 1 is 1.12 bits per heavy atom. The highest BCUT2D eigenvalue weighted by molar-refractivity contribution is 7.80. The Morgan fingerprint density at radius 2 is 1.31 bits per heavy atom.